The lowest BCUT2D eigenvalue weighted by Crippen LogP contribution is -2.17. The van der Waals surface area contributed by atoms with Gasteiger partial charge in [0.25, 0.3) is 0 Å². The van der Waals surface area contributed by atoms with Crippen molar-refractivity contribution in [3.8, 4) is 0 Å². The molecule has 0 fully saturated rings. The lowest BCUT2D eigenvalue weighted by molar-refractivity contribution is -0.137. The molecule has 1 aromatic heterocycles. The highest BCUT2D eigenvalue weighted by molar-refractivity contribution is 5.66. The van der Waals surface area contributed by atoms with E-state index in [1.165, 1.54) is 6.33 Å². The van der Waals surface area contributed by atoms with Gasteiger partial charge in [-0.3, -0.25) is 4.79 Å². The van der Waals surface area contributed by atoms with Crippen molar-refractivity contribution in [2.75, 3.05) is 5.32 Å². The maximum Gasteiger partial charge on any atom is 0.303 e. The van der Waals surface area contributed by atoms with Gasteiger partial charge in [0, 0.05) is 24.2 Å². The first-order valence-corrected chi connectivity index (χ1v) is 5.41. The molecule has 1 aromatic rings. The van der Waals surface area contributed by atoms with Gasteiger partial charge in [0.15, 0.2) is 0 Å². The van der Waals surface area contributed by atoms with Crippen LogP contribution in [0.3, 0.4) is 0 Å². The summed E-state index contributed by atoms with van der Waals surface area (Å²) in [6.45, 7) is 3.97. The van der Waals surface area contributed by atoms with Crippen LogP contribution in [0.1, 0.15) is 32.4 Å². The normalized spacial score (nSPS) is 12.1. The Bertz CT molecular complexity index is 355. The summed E-state index contributed by atoms with van der Waals surface area (Å²) < 4.78 is 0. The van der Waals surface area contributed by atoms with Crippen molar-refractivity contribution in [3.05, 3.63) is 18.1 Å². The van der Waals surface area contributed by atoms with Crippen LogP contribution in [0, 0.1) is 0 Å². The van der Waals surface area contributed by atoms with Crippen LogP contribution in [-0.2, 0) is 11.2 Å². The van der Waals surface area contributed by atoms with E-state index < -0.39 is 5.97 Å². The first kappa shape index (κ1) is 12.4. The molecule has 1 heterocycles. The molecule has 5 nitrogen and oxygen atoms in total. The summed E-state index contributed by atoms with van der Waals surface area (Å²) in [5.74, 6) is -0.0182. The Hall–Kier alpha value is -1.65. The molecule has 16 heavy (non-hydrogen) atoms. The highest BCUT2D eigenvalue weighted by Crippen LogP contribution is 2.08. The molecular weight excluding hydrogens is 206 g/mol. The average Bonchev–Trinajstić information content (AvgIpc) is 2.26. The number of carboxylic acids is 1. The number of rotatable bonds is 6. The maximum absolute atomic E-state index is 10.4. The molecule has 0 saturated heterocycles. The van der Waals surface area contributed by atoms with Crippen LogP contribution < -0.4 is 5.32 Å². The molecule has 0 aromatic carbocycles. The molecule has 88 valence electrons. The van der Waals surface area contributed by atoms with Crippen molar-refractivity contribution in [2.24, 2.45) is 0 Å². The Morgan fingerprint density at radius 2 is 2.31 bits per heavy atom. The van der Waals surface area contributed by atoms with E-state index in [0.717, 1.165) is 17.9 Å². The summed E-state index contributed by atoms with van der Waals surface area (Å²) >= 11 is 0. The Morgan fingerprint density at radius 3 is 2.94 bits per heavy atom. The van der Waals surface area contributed by atoms with E-state index in [1.807, 2.05) is 19.9 Å². The highest BCUT2D eigenvalue weighted by Gasteiger charge is 2.06. The Morgan fingerprint density at radius 1 is 1.56 bits per heavy atom. The maximum atomic E-state index is 10.4. The molecule has 1 atom stereocenters. The molecule has 0 saturated carbocycles. The van der Waals surface area contributed by atoms with Gasteiger partial charge in [-0.2, -0.15) is 0 Å². The van der Waals surface area contributed by atoms with Crippen molar-refractivity contribution < 1.29 is 9.90 Å². The number of aryl methyl sites for hydroxylation is 1. The first-order valence-electron chi connectivity index (χ1n) is 5.41. The topological polar surface area (TPSA) is 75.1 Å². The summed E-state index contributed by atoms with van der Waals surface area (Å²) in [5.41, 5.74) is 0.975. The first-order chi connectivity index (χ1) is 7.61. The van der Waals surface area contributed by atoms with Crippen LogP contribution in [-0.4, -0.2) is 27.1 Å². The van der Waals surface area contributed by atoms with Gasteiger partial charge in [-0.1, -0.05) is 6.92 Å². The molecular formula is C11H17N3O2. The number of nitrogens with zero attached hydrogens (tertiary/aromatic N) is 2. The Kier molecular flexibility index (Phi) is 4.69. The molecule has 0 spiro atoms. The summed E-state index contributed by atoms with van der Waals surface area (Å²) in [6, 6.07) is 1.98. The number of anilines is 1. The van der Waals surface area contributed by atoms with E-state index in [9.17, 15) is 4.79 Å². The van der Waals surface area contributed by atoms with Crippen molar-refractivity contribution in [1.29, 1.82) is 0 Å². The number of aliphatic carboxylic acids is 1. The van der Waals surface area contributed by atoms with E-state index in [-0.39, 0.29) is 12.5 Å². The summed E-state index contributed by atoms with van der Waals surface area (Å²) in [5, 5.41) is 11.7. The quantitative estimate of drug-likeness (QED) is 0.767. The molecule has 1 rings (SSSR count). The predicted octanol–water partition coefficient (Wildman–Crippen LogP) is 1.70. The largest absolute Gasteiger partial charge is 0.481 e. The minimum absolute atomic E-state index is 0.0932. The van der Waals surface area contributed by atoms with Gasteiger partial charge in [-0.25, -0.2) is 9.97 Å². The molecule has 0 radical (unpaired) electrons. The summed E-state index contributed by atoms with van der Waals surface area (Å²) in [4.78, 5) is 18.6. The molecule has 0 aliphatic rings. The monoisotopic (exact) mass is 223 g/mol. The third kappa shape index (κ3) is 4.25. The third-order valence-corrected chi connectivity index (χ3v) is 2.27. The van der Waals surface area contributed by atoms with E-state index in [0.29, 0.717) is 6.42 Å². The van der Waals surface area contributed by atoms with Crippen LogP contribution >= 0.6 is 0 Å². The molecule has 0 aliphatic carbocycles. The van der Waals surface area contributed by atoms with Crippen molar-refractivity contribution >= 4 is 11.8 Å². The van der Waals surface area contributed by atoms with Crippen LogP contribution in [0.5, 0.6) is 0 Å². The average molecular weight is 223 g/mol. The second kappa shape index (κ2) is 6.05. The minimum Gasteiger partial charge on any atom is -0.481 e. The number of nitrogens with one attached hydrogen (secondary N) is 1. The van der Waals surface area contributed by atoms with Crippen LogP contribution in [0.15, 0.2) is 12.4 Å². The van der Waals surface area contributed by atoms with Gasteiger partial charge in [-0.15, -0.1) is 0 Å². The number of hydrogen-bond acceptors (Lipinski definition) is 4. The van der Waals surface area contributed by atoms with Crippen LogP contribution in [0.25, 0.3) is 0 Å². The summed E-state index contributed by atoms with van der Waals surface area (Å²) in [7, 11) is 0. The third-order valence-electron chi connectivity index (χ3n) is 2.27. The molecule has 5 heteroatoms. The highest BCUT2D eigenvalue weighted by atomic mass is 16.4. The van der Waals surface area contributed by atoms with Gasteiger partial charge in [0.1, 0.15) is 12.1 Å². The van der Waals surface area contributed by atoms with Crippen molar-refractivity contribution in [3.63, 3.8) is 0 Å². The summed E-state index contributed by atoms with van der Waals surface area (Å²) in [6.07, 6.45) is 3.13. The number of aromatic nitrogens is 2. The smallest absolute Gasteiger partial charge is 0.303 e. The number of hydrogen-bond donors (Lipinski definition) is 2. The Balaban J connectivity index is 2.48. The van der Waals surface area contributed by atoms with Crippen LogP contribution in [0.4, 0.5) is 5.82 Å². The van der Waals surface area contributed by atoms with Crippen LogP contribution in [0.2, 0.25) is 0 Å². The van der Waals surface area contributed by atoms with E-state index in [4.69, 9.17) is 5.11 Å². The Labute approximate surface area is 94.9 Å². The zero-order chi connectivity index (χ0) is 12.0. The fourth-order valence-corrected chi connectivity index (χ4v) is 1.33. The minimum atomic E-state index is -0.773. The fourth-order valence-electron chi connectivity index (χ4n) is 1.33. The second-order valence-corrected chi connectivity index (χ2v) is 3.73. The van der Waals surface area contributed by atoms with Gasteiger partial charge in [-0.05, 0) is 19.8 Å². The molecule has 0 aliphatic heterocycles. The van der Waals surface area contributed by atoms with E-state index >= 15 is 0 Å². The predicted molar refractivity (Wildman–Crippen MR) is 61.4 cm³/mol. The SMILES string of the molecule is CCc1cc(NC(C)CCC(=O)O)ncn1. The number of carbonyl (C=O) groups is 1. The van der Waals surface area contributed by atoms with Gasteiger partial charge >= 0.3 is 5.97 Å². The molecule has 0 amide bonds. The molecule has 1 unspecified atom stereocenters. The lowest BCUT2D eigenvalue weighted by atomic mass is 10.2. The van der Waals surface area contributed by atoms with Gasteiger partial charge < -0.3 is 10.4 Å². The zero-order valence-corrected chi connectivity index (χ0v) is 9.60. The van der Waals surface area contributed by atoms with Crippen molar-refractivity contribution in [1.82, 2.24) is 9.97 Å². The standard InChI is InChI=1S/C11H17N3O2/c1-3-9-6-10(13-7-12-9)14-8(2)4-5-11(15)16/h6-8H,3-5H2,1-2H3,(H,15,16)(H,12,13,14). The van der Waals surface area contributed by atoms with E-state index in [1.54, 1.807) is 0 Å². The lowest BCUT2D eigenvalue weighted by Gasteiger charge is -2.13. The number of carboxylic acid groups (broad SMARTS) is 1. The zero-order valence-electron chi connectivity index (χ0n) is 9.60. The second-order valence-electron chi connectivity index (χ2n) is 3.73. The fraction of sp³-hybridized carbons (Fsp3) is 0.545. The molecule has 0 bridgehead atoms. The van der Waals surface area contributed by atoms with E-state index in [2.05, 4.69) is 15.3 Å². The van der Waals surface area contributed by atoms with Crippen molar-refractivity contribution in [2.45, 2.75) is 39.2 Å². The van der Waals surface area contributed by atoms with Gasteiger partial charge in [0.2, 0.25) is 0 Å². The molecule has 2 N–H and O–H groups in total. The van der Waals surface area contributed by atoms with Gasteiger partial charge in [0.05, 0.1) is 0 Å².